The van der Waals surface area contributed by atoms with Crippen LogP contribution in [0.2, 0.25) is 0 Å². The Balaban J connectivity index is 2.55. The maximum atomic E-state index is 11.8. The van der Waals surface area contributed by atoms with E-state index in [-0.39, 0.29) is 24.9 Å². The standard InChI is InChI=1S/C8H11F3N6O3/c9-8(10,11)4-20-2-1-13-6-5(17(18)19)3-14-7(15-6)16-12/h3H,1-2,4,12H2,(H2,13,14,15,16). The predicted octanol–water partition coefficient (Wildman–Crippen LogP) is 0.661. The number of nitrogen functional groups attached to an aromatic ring is 1. The zero-order valence-electron chi connectivity index (χ0n) is 9.98. The highest BCUT2D eigenvalue weighted by atomic mass is 19.4. The second kappa shape index (κ2) is 6.81. The fourth-order valence-corrected chi connectivity index (χ4v) is 1.14. The van der Waals surface area contributed by atoms with Crippen molar-refractivity contribution in [1.29, 1.82) is 0 Å². The SMILES string of the molecule is NNc1ncc([N+](=O)[O-])c(NCCOCC(F)(F)F)n1. The Kier molecular flexibility index (Phi) is 5.40. The molecule has 0 atom stereocenters. The molecule has 0 aliphatic rings. The van der Waals surface area contributed by atoms with Gasteiger partial charge in [-0.05, 0) is 0 Å². The number of halogens is 3. The first-order chi connectivity index (χ1) is 9.33. The van der Waals surface area contributed by atoms with Gasteiger partial charge in [0.05, 0.1) is 11.5 Å². The quantitative estimate of drug-likeness (QED) is 0.290. The highest BCUT2D eigenvalue weighted by Gasteiger charge is 2.27. The molecule has 1 heterocycles. The number of nitrogens with one attached hydrogen (secondary N) is 2. The summed E-state index contributed by atoms with van der Waals surface area (Å²) >= 11 is 0. The monoisotopic (exact) mass is 296 g/mol. The van der Waals surface area contributed by atoms with Gasteiger partial charge in [0.1, 0.15) is 12.8 Å². The molecule has 20 heavy (non-hydrogen) atoms. The number of aromatic nitrogens is 2. The molecule has 1 aromatic rings. The molecule has 112 valence electrons. The minimum absolute atomic E-state index is 0.0747. The maximum absolute atomic E-state index is 11.8. The molecule has 9 nitrogen and oxygen atoms in total. The third-order valence-corrected chi connectivity index (χ3v) is 1.90. The van der Waals surface area contributed by atoms with Crippen molar-refractivity contribution in [3.8, 4) is 0 Å². The van der Waals surface area contributed by atoms with Gasteiger partial charge in [-0.25, -0.2) is 10.8 Å². The molecule has 0 unspecified atom stereocenters. The van der Waals surface area contributed by atoms with E-state index >= 15 is 0 Å². The Hall–Kier alpha value is -2.21. The van der Waals surface area contributed by atoms with Crippen molar-refractivity contribution >= 4 is 17.5 Å². The van der Waals surface area contributed by atoms with Crippen LogP contribution >= 0.6 is 0 Å². The summed E-state index contributed by atoms with van der Waals surface area (Å²) in [5, 5.41) is 13.2. The van der Waals surface area contributed by atoms with Gasteiger partial charge in [-0.3, -0.25) is 15.5 Å². The van der Waals surface area contributed by atoms with Crippen LogP contribution < -0.4 is 16.6 Å². The number of rotatable bonds is 7. The summed E-state index contributed by atoms with van der Waals surface area (Å²) in [5.41, 5.74) is 1.66. The summed E-state index contributed by atoms with van der Waals surface area (Å²) in [6.07, 6.45) is -3.50. The second-order valence-electron chi connectivity index (χ2n) is 3.42. The first-order valence-electron chi connectivity index (χ1n) is 5.20. The lowest BCUT2D eigenvalue weighted by Gasteiger charge is -2.09. The van der Waals surface area contributed by atoms with Gasteiger partial charge in [-0.1, -0.05) is 0 Å². The van der Waals surface area contributed by atoms with Gasteiger partial charge in [-0.2, -0.15) is 18.2 Å². The molecule has 0 saturated carbocycles. The molecule has 0 aliphatic heterocycles. The molecule has 0 amide bonds. The number of nitrogens with two attached hydrogens (primary N) is 1. The fraction of sp³-hybridized carbons (Fsp3) is 0.500. The van der Waals surface area contributed by atoms with Crippen LogP contribution in [-0.2, 0) is 4.74 Å². The second-order valence-corrected chi connectivity index (χ2v) is 3.42. The molecule has 4 N–H and O–H groups in total. The van der Waals surface area contributed by atoms with Gasteiger partial charge in [0.2, 0.25) is 11.8 Å². The number of anilines is 2. The topological polar surface area (TPSA) is 128 Å². The molecule has 0 fully saturated rings. The van der Waals surface area contributed by atoms with Crippen LogP contribution in [0.1, 0.15) is 0 Å². The van der Waals surface area contributed by atoms with Crippen molar-refractivity contribution in [1.82, 2.24) is 9.97 Å². The number of hydrazine groups is 1. The Morgan fingerprint density at radius 3 is 2.75 bits per heavy atom. The van der Waals surface area contributed by atoms with Crippen molar-refractivity contribution in [3.63, 3.8) is 0 Å². The van der Waals surface area contributed by atoms with E-state index in [4.69, 9.17) is 5.84 Å². The van der Waals surface area contributed by atoms with E-state index in [9.17, 15) is 23.3 Å². The lowest BCUT2D eigenvalue weighted by Crippen LogP contribution is -2.20. The summed E-state index contributed by atoms with van der Waals surface area (Å²) in [5.74, 6) is 4.80. The zero-order chi connectivity index (χ0) is 15.2. The van der Waals surface area contributed by atoms with E-state index in [1.807, 2.05) is 0 Å². The Morgan fingerprint density at radius 2 is 2.20 bits per heavy atom. The number of hydrogen-bond acceptors (Lipinski definition) is 8. The number of nitrogens with zero attached hydrogens (tertiary/aromatic N) is 3. The van der Waals surface area contributed by atoms with Crippen LogP contribution in [0.4, 0.5) is 30.6 Å². The average molecular weight is 296 g/mol. The smallest absolute Gasteiger partial charge is 0.370 e. The van der Waals surface area contributed by atoms with E-state index in [0.29, 0.717) is 0 Å². The van der Waals surface area contributed by atoms with Gasteiger partial charge >= 0.3 is 11.9 Å². The molecule has 0 radical (unpaired) electrons. The van der Waals surface area contributed by atoms with Crippen molar-refractivity contribution in [3.05, 3.63) is 16.3 Å². The van der Waals surface area contributed by atoms with E-state index in [2.05, 4.69) is 25.4 Å². The molecule has 0 aromatic carbocycles. The van der Waals surface area contributed by atoms with Crippen molar-refractivity contribution in [2.75, 3.05) is 30.5 Å². The Labute approximate surface area is 110 Å². The lowest BCUT2D eigenvalue weighted by atomic mass is 10.4. The molecule has 0 aliphatic carbocycles. The number of hydrogen-bond donors (Lipinski definition) is 3. The van der Waals surface area contributed by atoms with Crippen molar-refractivity contribution in [2.24, 2.45) is 5.84 Å². The van der Waals surface area contributed by atoms with E-state index in [0.717, 1.165) is 6.20 Å². The summed E-state index contributed by atoms with van der Waals surface area (Å²) in [7, 11) is 0. The van der Waals surface area contributed by atoms with Gasteiger partial charge < -0.3 is 10.1 Å². The molecule has 0 saturated heterocycles. The van der Waals surface area contributed by atoms with Crippen molar-refractivity contribution < 1.29 is 22.8 Å². The summed E-state index contributed by atoms with van der Waals surface area (Å²) < 4.78 is 39.7. The molecule has 12 heteroatoms. The maximum Gasteiger partial charge on any atom is 0.411 e. The van der Waals surface area contributed by atoms with Crippen LogP contribution in [0, 0.1) is 10.1 Å². The van der Waals surface area contributed by atoms with Crippen LogP contribution in [0.25, 0.3) is 0 Å². The van der Waals surface area contributed by atoms with Gasteiger partial charge in [0, 0.05) is 6.54 Å². The fourth-order valence-electron chi connectivity index (χ4n) is 1.14. The summed E-state index contributed by atoms with van der Waals surface area (Å²) in [6, 6.07) is 0. The van der Waals surface area contributed by atoms with E-state index in [1.54, 1.807) is 0 Å². The van der Waals surface area contributed by atoms with Crippen LogP contribution in [0.15, 0.2) is 6.20 Å². The lowest BCUT2D eigenvalue weighted by molar-refractivity contribution is -0.384. The van der Waals surface area contributed by atoms with Gasteiger partial charge in [0.25, 0.3) is 0 Å². The van der Waals surface area contributed by atoms with Gasteiger partial charge in [0.15, 0.2) is 0 Å². The molecular formula is C8H11F3N6O3. The van der Waals surface area contributed by atoms with Gasteiger partial charge in [-0.15, -0.1) is 0 Å². The van der Waals surface area contributed by atoms with Crippen LogP contribution in [0.5, 0.6) is 0 Å². The Bertz CT molecular complexity index is 469. The summed E-state index contributed by atoms with van der Waals surface area (Å²) in [6.45, 7) is -1.79. The molecule has 1 rings (SSSR count). The first kappa shape index (κ1) is 15.8. The Morgan fingerprint density at radius 1 is 1.50 bits per heavy atom. The first-order valence-corrected chi connectivity index (χ1v) is 5.20. The zero-order valence-corrected chi connectivity index (χ0v) is 9.98. The number of alkyl halides is 3. The molecule has 0 spiro atoms. The molecule has 0 bridgehead atoms. The third kappa shape index (κ3) is 5.19. The molecular weight excluding hydrogens is 285 g/mol. The third-order valence-electron chi connectivity index (χ3n) is 1.90. The highest BCUT2D eigenvalue weighted by Crippen LogP contribution is 2.21. The molecule has 1 aromatic heterocycles. The van der Waals surface area contributed by atoms with Crippen LogP contribution in [0.3, 0.4) is 0 Å². The number of nitro groups is 1. The van der Waals surface area contributed by atoms with E-state index in [1.165, 1.54) is 0 Å². The van der Waals surface area contributed by atoms with Crippen molar-refractivity contribution in [2.45, 2.75) is 6.18 Å². The highest BCUT2D eigenvalue weighted by molar-refractivity contribution is 5.56. The summed E-state index contributed by atoms with van der Waals surface area (Å²) in [4.78, 5) is 17.2. The van der Waals surface area contributed by atoms with Crippen LogP contribution in [-0.4, -0.2) is 40.8 Å². The minimum atomic E-state index is -4.42. The minimum Gasteiger partial charge on any atom is -0.370 e. The number of ether oxygens (including phenoxy) is 1. The largest absolute Gasteiger partial charge is 0.411 e. The van der Waals surface area contributed by atoms with E-state index < -0.39 is 23.4 Å². The average Bonchev–Trinajstić information content (AvgIpc) is 2.36. The predicted molar refractivity (Wildman–Crippen MR) is 61.9 cm³/mol. The normalized spacial score (nSPS) is 11.2.